The van der Waals surface area contributed by atoms with Crippen molar-refractivity contribution in [1.82, 2.24) is 53.2 Å². The van der Waals surface area contributed by atoms with Crippen LogP contribution in [0.3, 0.4) is 0 Å². The van der Waals surface area contributed by atoms with E-state index in [1.807, 2.05) is 0 Å². The number of hydrogen-bond donors (Lipinski definition) is 20. The molecular weight excluding hydrogens is 640 g/mol. The molecule has 310 valence electrons. The fourth-order valence-corrected chi connectivity index (χ4v) is 3.13. The summed E-state index contributed by atoms with van der Waals surface area (Å²) in [5.41, 5.74) is 52.0. The smallest absolute Gasteiger partial charge is 0.00772 e. The number of nitrogens with one attached hydrogen (secondary N) is 10. The third-order valence-electron chi connectivity index (χ3n) is 5.61. The molecule has 0 saturated heterocycles. The van der Waals surface area contributed by atoms with Gasteiger partial charge in [-0.05, 0) is 0 Å². The fourth-order valence-electron chi connectivity index (χ4n) is 3.13. The van der Waals surface area contributed by atoms with Crippen LogP contribution < -0.4 is 111 Å². The molecule has 0 spiro atoms. The van der Waals surface area contributed by atoms with E-state index in [0.717, 1.165) is 131 Å². The van der Waals surface area contributed by atoms with E-state index in [1.165, 1.54) is 0 Å². The van der Waals surface area contributed by atoms with Crippen molar-refractivity contribution >= 4 is 0 Å². The van der Waals surface area contributed by atoms with Crippen molar-refractivity contribution in [3.05, 3.63) is 0 Å². The van der Waals surface area contributed by atoms with Crippen LogP contribution in [0.4, 0.5) is 0 Å². The second-order valence-corrected chi connectivity index (χ2v) is 10.4. The van der Waals surface area contributed by atoms with Gasteiger partial charge in [0.15, 0.2) is 0 Å². The van der Waals surface area contributed by atoms with Gasteiger partial charge in [-0.25, -0.2) is 0 Å². The molecule has 30 N–H and O–H groups in total. The third kappa shape index (κ3) is 86.1. The number of rotatable bonds is 35. The fraction of sp³-hybridized carbons (Fsp3) is 1.00. The average molecular weight is 731 g/mol. The van der Waals surface area contributed by atoms with Crippen LogP contribution in [0.25, 0.3) is 0 Å². The van der Waals surface area contributed by atoms with Crippen LogP contribution in [0.1, 0.15) is 0 Å². The van der Waals surface area contributed by atoms with E-state index in [2.05, 4.69) is 53.2 Å². The van der Waals surface area contributed by atoms with Gasteiger partial charge in [-0.3, -0.25) is 0 Å². The summed E-state index contributed by atoms with van der Waals surface area (Å²) in [5.74, 6) is 0. The topological polar surface area (TPSA) is 380 Å². The van der Waals surface area contributed by atoms with Crippen LogP contribution in [0.5, 0.6) is 0 Å². The Morgan fingerprint density at radius 3 is 0.340 bits per heavy atom. The van der Waals surface area contributed by atoms with Gasteiger partial charge >= 0.3 is 0 Å². The number of nitrogens with two attached hydrogens (primary N) is 10. The Hall–Kier alpha value is -0.800. The second kappa shape index (κ2) is 69.9. The zero-order chi connectivity index (χ0) is 38.3. The highest BCUT2D eigenvalue weighted by Gasteiger charge is 1.90. The van der Waals surface area contributed by atoms with Gasteiger partial charge in [-0.2, -0.15) is 0 Å². The Bertz CT molecular complexity index is 436. The largest absolute Gasteiger partial charge is 0.329 e. The maximum absolute atomic E-state index is 5.35. The van der Waals surface area contributed by atoms with E-state index >= 15 is 0 Å². The normalized spacial score (nSPS) is 10.2. The molecule has 0 aliphatic carbocycles. The summed E-state index contributed by atoms with van der Waals surface area (Å²) in [6.45, 7) is 25.8. The minimum atomic E-state index is 0.597. The van der Waals surface area contributed by atoms with Gasteiger partial charge in [0.1, 0.15) is 0 Å². The summed E-state index contributed by atoms with van der Waals surface area (Å²) < 4.78 is 0. The molecule has 0 saturated carbocycles. The van der Waals surface area contributed by atoms with Crippen LogP contribution in [0.2, 0.25) is 0 Å². The number of hydrogen-bond acceptors (Lipinski definition) is 20. The predicted octanol–water partition coefficient (Wildman–Crippen LogP) is -9.58. The molecule has 0 aromatic rings. The van der Waals surface area contributed by atoms with E-state index in [-0.39, 0.29) is 0 Å². The standard InChI is InChI=1S/C10H28N6.C8H23N5.C6H18N4.C4H13N3.C2H8N2/c11-1-3-13-5-7-15-9-10-16-8-6-14-4-2-12;9-1-3-11-5-7-13-8-6-12-4-2-10;7-1-3-9-5-6-10-4-2-8;5-1-3-7-4-2-6;3-1-2-4/h13-16H,1-12H2;11-13H,1-10H2;9-10H,1-8H2;7H,1-6H2;1-4H2. The van der Waals surface area contributed by atoms with Gasteiger partial charge in [-0.1, -0.05) is 0 Å². The summed E-state index contributed by atoms with van der Waals surface area (Å²) in [7, 11) is 0. The minimum Gasteiger partial charge on any atom is -0.329 e. The molecular formula is C30H90N20. The average Bonchev–Trinajstić information content (AvgIpc) is 3.14. The lowest BCUT2D eigenvalue weighted by atomic mass is 10.5. The van der Waals surface area contributed by atoms with Crippen molar-refractivity contribution in [1.29, 1.82) is 0 Å². The highest BCUT2D eigenvalue weighted by molar-refractivity contribution is 4.57. The first-order valence-corrected chi connectivity index (χ1v) is 18.7. The Morgan fingerprint density at radius 1 is 0.140 bits per heavy atom. The SMILES string of the molecule is NCCN.NCCNCCN.NCCNCCNCCN.NCCNCCNCCNCCN.NCCNCCNCCNCCNCCN. The van der Waals surface area contributed by atoms with E-state index < -0.39 is 0 Å². The molecule has 0 fully saturated rings. The van der Waals surface area contributed by atoms with Crippen LogP contribution in [-0.2, 0) is 0 Å². The Balaban J connectivity index is -0.000000179. The van der Waals surface area contributed by atoms with Gasteiger partial charge in [0.25, 0.3) is 0 Å². The molecule has 20 nitrogen and oxygen atoms in total. The maximum Gasteiger partial charge on any atom is 0.00772 e. The van der Waals surface area contributed by atoms with Crippen molar-refractivity contribution in [2.45, 2.75) is 0 Å². The van der Waals surface area contributed by atoms with Crippen molar-refractivity contribution < 1.29 is 0 Å². The van der Waals surface area contributed by atoms with E-state index in [1.54, 1.807) is 0 Å². The monoisotopic (exact) mass is 731 g/mol. The minimum absolute atomic E-state index is 0.597. The quantitative estimate of drug-likeness (QED) is 0.0269. The summed E-state index contributed by atoms with van der Waals surface area (Å²) in [4.78, 5) is 0. The lowest BCUT2D eigenvalue weighted by Crippen LogP contribution is -2.36. The molecule has 0 bridgehead atoms. The lowest BCUT2D eigenvalue weighted by molar-refractivity contribution is 0.569. The van der Waals surface area contributed by atoms with Crippen molar-refractivity contribution in [2.24, 2.45) is 57.3 Å². The second-order valence-electron chi connectivity index (χ2n) is 10.4. The van der Waals surface area contributed by atoms with Crippen LogP contribution in [-0.4, -0.2) is 196 Å². The molecule has 0 aromatic heterocycles. The molecule has 20 heteroatoms. The van der Waals surface area contributed by atoms with Crippen molar-refractivity contribution in [2.75, 3.05) is 196 Å². The summed E-state index contributed by atoms with van der Waals surface area (Å²) in [6.07, 6.45) is 0. The van der Waals surface area contributed by atoms with Crippen LogP contribution >= 0.6 is 0 Å². The molecule has 0 aromatic carbocycles. The third-order valence-corrected chi connectivity index (χ3v) is 5.61. The first-order chi connectivity index (χ1) is 24.6. The zero-order valence-electron chi connectivity index (χ0n) is 32.0. The van der Waals surface area contributed by atoms with E-state index in [9.17, 15) is 0 Å². The molecule has 0 amide bonds. The molecule has 0 unspecified atom stereocenters. The summed E-state index contributed by atoms with van der Waals surface area (Å²) in [5, 5.41) is 32.2. The van der Waals surface area contributed by atoms with Gasteiger partial charge < -0.3 is 111 Å². The Morgan fingerprint density at radius 2 is 0.240 bits per heavy atom. The molecule has 0 rings (SSSR count). The summed E-state index contributed by atoms with van der Waals surface area (Å²) in [6, 6.07) is 0. The first kappa shape index (κ1) is 58.5. The van der Waals surface area contributed by atoms with Gasteiger partial charge in [-0.15, -0.1) is 0 Å². The molecule has 0 heterocycles. The molecule has 0 aliphatic heterocycles. The van der Waals surface area contributed by atoms with Gasteiger partial charge in [0, 0.05) is 196 Å². The highest BCUT2D eigenvalue weighted by Crippen LogP contribution is 1.63. The van der Waals surface area contributed by atoms with Gasteiger partial charge in [0.05, 0.1) is 0 Å². The van der Waals surface area contributed by atoms with E-state index in [0.29, 0.717) is 65.4 Å². The van der Waals surface area contributed by atoms with Crippen molar-refractivity contribution in [3.63, 3.8) is 0 Å². The Labute approximate surface area is 306 Å². The zero-order valence-corrected chi connectivity index (χ0v) is 32.0. The van der Waals surface area contributed by atoms with E-state index in [4.69, 9.17) is 57.3 Å². The van der Waals surface area contributed by atoms with Crippen LogP contribution in [0, 0.1) is 0 Å². The molecule has 0 radical (unpaired) electrons. The van der Waals surface area contributed by atoms with Crippen LogP contribution in [0.15, 0.2) is 0 Å². The Kier molecular flexibility index (Phi) is 81.8. The molecule has 50 heavy (non-hydrogen) atoms. The lowest BCUT2D eigenvalue weighted by Gasteiger charge is -2.07. The van der Waals surface area contributed by atoms with Crippen molar-refractivity contribution in [3.8, 4) is 0 Å². The highest BCUT2D eigenvalue weighted by atomic mass is 15.0. The molecule has 0 aliphatic rings. The first-order valence-electron chi connectivity index (χ1n) is 18.7. The molecule has 0 atom stereocenters. The summed E-state index contributed by atoms with van der Waals surface area (Å²) >= 11 is 0. The predicted molar refractivity (Wildman–Crippen MR) is 219 cm³/mol. The van der Waals surface area contributed by atoms with Gasteiger partial charge in [0.2, 0.25) is 0 Å². The maximum atomic E-state index is 5.35.